The van der Waals surface area contributed by atoms with Gasteiger partial charge < -0.3 is 15.5 Å². The van der Waals surface area contributed by atoms with E-state index in [-0.39, 0.29) is 12.1 Å². The maximum absolute atomic E-state index is 12.1. The van der Waals surface area contributed by atoms with Crippen molar-refractivity contribution in [3.8, 4) is 0 Å². The van der Waals surface area contributed by atoms with Gasteiger partial charge >= 0.3 is 6.03 Å². The number of aromatic nitrogens is 2. The van der Waals surface area contributed by atoms with Gasteiger partial charge in [0, 0.05) is 43.7 Å². The molecule has 3 unspecified atom stereocenters. The highest BCUT2D eigenvalue weighted by Gasteiger charge is 2.28. The van der Waals surface area contributed by atoms with Gasteiger partial charge in [-0.05, 0) is 31.9 Å². The van der Waals surface area contributed by atoms with Crippen LogP contribution in [0.4, 0.5) is 10.5 Å². The molecule has 7 heteroatoms. The molecule has 1 aliphatic carbocycles. The minimum absolute atomic E-state index is 0.00945. The first-order valence-corrected chi connectivity index (χ1v) is 9.26. The van der Waals surface area contributed by atoms with Crippen LogP contribution >= 0.6 is 11.8 Å². The fourth-order valence-electron chi connectivity index (χ4n) is 3.38. The maximum Gasteiger partial charge on any atom is 0.315 e. The molecule has 6 nitrogen and oxygen atoms in total. The van der Waals surface area contributed by atoms with E-state index in [9.17, 15) is 4.79 Å². The highest BCUT2D eigenvalue weighted by molar-refractivity contribution is 7.99. The van der Waals surface area contributed by atoms with Gasteiger partial charge in [0.1, 0.15) is 0 Å². The average molecular weight is 323 g/mol. The van der Waals surface area contributed by atoms with Gasteiger partial charge in [0.25, 0.3) is 0 Å². The molecule has 2 amide bonds. The number of nitrogens with one attached hydrogen (secondary N) is 2. The summed E-state index contributed by atoms with van der Waals surface area (Å²) in [6, 6.07) is 0.552. The summed E-state index contributed by atoms with van der Waals surface area (Å²) in [6.07, 6.45) is 10.4. The summed E-state index contributed by atoms with van der Waals surface area (Å²) in [5.41, 5.74) is 1.13. The molecule has 2 heterocycles. The topological polar surface area (TPSA) is 62.2 Å². The number of anilines is 1. The Hall–Kier alpha value is -1.37. The van der Waals surface area contributed by atoms with E-state index in [1.807, 2.05) is 35.9 Å². The van der Waals surface area contributed by atoms with Gasteiger partial charge in [0.05, 0.1) is 11.9 Å². The highest BCUT2D eigenvalue weighted by atomic mass is 32.2. The second-order valence-electron chi connectivity index (χ2n) is 6.29. The molecule has 0 bridgehead atoms. The molecular weight excluding hydrogens is 298 g/mol. The average Bonchev–Trinajstić information content (AvgIpc) is 3.19. The van der Waals surface area contributed by atoms with Gasteiger partial charge in [-0.2, -0.15) is 16.9 Å². The third-order valence-electron chi connectivity index (χ3n) is 4.63. The van der Waals surface area contributed by atoms with Crippen molar-refractivity contribution < 1.29 is 4.79 Å². The van der Waals surface area contributed by atoms with Crippen LogP contribution in [0, 0.1) is 0 Å². The van der Waals surface area contributed by atoms with E-state index in [1.54, 1.807) is 0 Å². The van der Waals surface area contributed by atoms with Crippen molar-refractivity contribution in [2.75, 3.05) is 24.2 Å². The Bertz CT molecular complexity index is 520. The Morgan fingerprint density at radius 2 is 2.14 bits per heavy atom. The number of thioether (sulfide) groups is 1. The predicted octanol–water partition coefficient (Wildman–Crippen LogP) is 1.58. The lowest BCUT2D eigenvalue weighted by molar-refractivity contribution is 0.234. The fraction of sp³-hybridized carbons (Fsp3) is 0.733. The highest BCUT2D eigenvalue weighted by Crippen LogP contribution is 2.28. The number of amides is 2. The number of nitrogens with zero attached hydrogens (tertiary/aromatic N) is 3. The Morgan fingerprint density at radius 1 is 1.32 bits per heavy atom. The Labute approximate surface area is 136 Å². The van der Waals surface area contributed by atoms with Gasteiger partial charge in [0.15, 0.2) is 0 Å². The molecule has 0 spiro atoms. The molecule has 0 aromatic carbocycles. The van der Waals surface area contributed by atoms with E-state index >= 15 is 0 Å². The standard InChI is InChI=1S/C15H25N5OS/c1-19-10-13(8-16-19)20-6-5-12(9-20)18-15(21)17-11-3-4-14(7-11)22-2/h8,10-12,14H,3-7,9H2,1-2H3,(H2,17,18,21). The molecule has 3 atom stereocenters. The van der Waals surface area contributed by atoms with Crippen molar-refractivity contribution in [3.63, 3.8) is 0 Å². The molecule has 1 aromatic heterocycles. The first-order valence-electron chi connectivity index (χ1n) is 7.97. The molecule has 2 fully saturated rings. The number of hydrogen-bond donors (Lipinski definition) is 2. The van der Waals surface area contributed by atoms with Crippen molar-refractivity contribution in [2.24, 2.45) is 7.05 Å². The molecular formula is C15H25N5OS. The molecule has 122 valence electrons. The largest absolute Gasteiger partial charge is 0.367 e. The summed E-state index contributed by atoms with van der Waals surface area (Å²) in [4.78, 5) is 14.4. The van der Waals surface area contributed by atoms with E-state index in [0.717, 1.165) is 38.0 Å². The van der Waals surface area contributed by atoms with Crippen LogP contribution in [0.5, 0.6) is 0 Å². The van der Waals surface area contributed by atoms with Gasteiger partial charge in [-0.15, -0.1) is 0 Å². The summed E-state index contributed by atoms with van der Waals surface area (Å²) >= 11 is 1.91. The van der Waals surface area contributed by atoms with E-state index in [4.69, 9.17) is 0 Å². The molecule has 22 heavy (non-hydrogen) atoms. The molecule has 2 N–H and O–H groups in total. The molecule has 3 rings (SSSR count). The van der Waals surface area contributed by atoms with Crippen LogP contribution in [-0.2, 0) is 7.05 Å². The lowest BCUT2D eigenvalue weighted by Crippen LogP contribution is -2.46. The predicted molar refractivity (Wildman–Crippen MR) is 90.4 cm³/mol. The Balaban J connectivity index is 1.43. The number of rotatable bonds is 4. The zero-order valence-electron chi connectivity index (χ0n) is 13.3. The quantitative estimate of drug-likeness (QED) is 0.883. The number of carbonyl (C=O) groups excluding carboxylic acids is 1. The smallest absolute Gasteiger partial charge is 0.315 e. The van der Waals surface area contributed by atoms with E-state index < -0.39 is 0 Å². The normalized spacial score (nSPS) is 28.1. The Morgan fingerprint density at radius 3 is 2.82 bits per heavy atom. The van der Waals surface area contributed by atoms with Crippen LogP contribution in [-0.4, -0.2) is 52.5 Å². The lowest BCUT2D eigenvalue weighted by atomic mass is 10.2. The van der Waals surface area contributed by atoms with Crippen LogP contribution in [0.3, 0.4) is 0 Å². The van der Waals surface area contributed by atoms with Crippen LogP contribution in [0.25, 0.3) is 0 Å². The van der Waals surface area contributed by atoms with Gasteiger partial charge in [-0.25, -0.2) is 4.79 Å². The summed E-state index contributed by atoms with van der Waals surface area (Å²) in [5.74, 6) is 0. The molecule has 1 saturated carbocycles. The zero-order chi connectivity index (χ0) is 15.5. The number of hydrogen-bond acceptors (Lipinski definition) is 4. The number of urea groups is 1. The molecule has 1 aromatic rings. The minimum Gasteiger partial charge on any atom is -0.367 e. The first kappa shape index (κ1) is 15.5. The fourth-order valence-corrected chi connectivity index (χ4v) is 4.18. The second-order valence-corrected chi connectivity index (χ2v) is 7.43. The van der Waals surface area contributed by atoms with Crippen molar-refractivity contribution in [1.82, 2.24) is 20.4 Å². The van der Waals surface area contributed by atoms with E-state index in [1.165, 1.54) is 6.42 Å². The van der Waals surface area contributed by atoms with Crippen molar-refractivity contribution in [3.05, 3.63) is 12.4 Å². The third kappa shape index (κ3) is 3.69. The van der Waals surface area contributed by atoms with Gasteiger partial charge in [-0.1, -0.05) is 0 Å². The summed E-state index contributed by atoms with van der Waals surface area (Å²) < 4.78 is 1.81. The zero-order valence-corrected chi connectivity index (χ0v) is 14.1. The van der Waals surface area contributed by atoms with Crippen molar-refractivity contribution >= 4 is 23.5 Å². The second kappa shape index (κ2) is 6.81. The first-order chi connectivity index (χ1) is 10.6. The lowest BCUT2D eigenvalue weighted by Gasteiger charge is -2.19. The number of aryl methyl sites for hydroxylation is 1. The van der Waals surface area contributed by atoms with Gasteiger partial charge in [-0.3, -0.25) is 4.68 Å². The number of carbonyl (C=O) groups is 1. The minimum atomic E-state index is -0.00945. The van der Waals surface area contributed by atoms with Crippen LogP contribution < -0.4 is 15.5 Å². The molecule has 1 aliphatic heterocycles. The third-order valence-corrected chi connectivity index (χ3v) is 5.73. The van der Waals surface area contributed by atoms with Gasteiger partial charge in [0.2, 0.25) is 0 Å². The summed E-state index contributed by atoms with van der Waals surface area (Å²) in [5, 5.41) is 11.2. The van der Waals surface area contributed by atoms with Crippen molar-refractivity contribution in [1.29, 1.82) is 0 Å². The van der Waals surface area contributed by atoms with Crippen LogP contribution in [0.1, 0.15) is 25.7 Å². The van der Waals surface area contributed by atoms with E-state index in [0.29, 0.717) is 11.3 Å². The van der Waals surface area contributed by atoms with E-state index in [2.05, 4.69) is 26.9 Å². The summed E-state index contributed by atoms with van der Waals surface area (Å²) in [6.45, 7) is 1.83. The SMILES string of the molecule is CSC1CCC(NC(=O)NC2CCN(c3cnn(C)c3)C2)C1. The monoisotopic (exact) mass is 323 g/mol. The van der Waals surface area contributed by atoms with Crippen LogP contribution in [0.15, 0.2) is 12.4 Å². The Kier molecular flexibility index (Phi) is 4.81. The van der Waals surface area contributed by atoms with Crippen molar-refractivity contribution in [2.45, 2.75) is 43.0 Å². The maximum atomic E-state index is 12.1. The molecule has 1 saturated heterocycles. The van der Waals surface area contributed by atoms with Crippen LogP contribution in [0.2, 0.25) is 0 Å². The molecule has 0 radical (unpaired) electrons. The molecule has 2 aliphatic rings. The summed E-state index contributed by atoms with van der Waals surface area (Å²) in [7, 11) is 1.92.